The quantitative estimate of drug-likeness (QED) is 0.676. The third-order valence-corrected chi connectivity index (χ3v) is 5.97. The average molecular weight is 437 g/mol. The summed E-state index contributed by atoms with van der Waals surface area (Å²) in [6.45, 7) is 11.0. The molecule has 0 unspecified atom stereocenters. The highest BCUT2D eigenvalue weighted by atomic mass is 16.5. The fourth-order valence-electron chi connectivity index (χ4n) is 4.06. The van der Waals surface area contributed by atoms with Crippen molar-refractivity contribution < 1.29 is 14.3 Å². The van der Waals surface area contributed by atoms with E-state index in [4.69, 9.17) is 4.74 Å². The third kappa shape index (κ3) is 6.59. The van der Waals surface area contributed by atoms with Gasteiger partial charge in [-0.1, -0.05) is 68.8 Å². The lowest BCUT2D eigenvalue weighted by Crippen LogP contribution is -2.39. The Hall–Kier alpha value is -2.82. The molecule has 172 valence electrons. The minimum atomic E-state index is -0.0619. The van der Waals surface area contributed by atoms with E-state index in [9.17, 15) is 9.59 Å². The largest absolute Gasteiger partial charge is 0.483 e. The SMILES string of the molecule is Cc1ccc(OCC(=O)N2CCCN(C(=O)CCc3ccccc3)CC2)c(C(C)(C)C)c1. The van der Waals surface area contributed by atoms with E-state index >= 15 is 0 Å². The van der Waals surface area contributed by atoms with Crippen LogP contribution in [0.2, 0.25) is 0 Å². The van der Waals surface area contributed by atoms with Crippen molar-refractivity contribution >= 4 is 11.8 Å². The Kier molecular flexibility index (Phi) is 7.94. The van der Waals surface area contributed by atoms with E-state index < -0.39 is 0 Å². The first kappa shape index (κ1) is 23.8. The zero-order valence-corrected chi connectivity index (χ0v) is 19.9. The van der Waals surface area contributed by atoms with E-state index in [0.717, 1.165) is 24.2 Å². The molecule has 5 heteroatoms. The van der Waals surface area contributed by atoms with Gasteiger partial charge in [0, 0.05) is 32.6 Å². The van der Waals surface area contributed by atoms with Crippen LogP contribution < -0.4 is 4.74 Å². The van der Waals surface area contributed by atoms with E-state index in [1.54, 1.807) is 0 Å². The first-order valence-electron chi connectivity index (χ1n) is 11.6. The van der Waals surface area contributed by atoms with Crippen LogP contribution in [-0.2, 0) is 21.4 Å². The first-order valence-corrected chi connectivity index (χ1v) is 11.6. The van der Waals surface area contributed by atoms with Crippen LogP contribution in [0.4, 0.5) is 0 Å². The predicted molar refractivity (Wildman–Crippen MR) is 128 cm³/mol. The fraction of sp³-hybridized carbons (Fsp3) is 0.481. The minimum absolute atomic E-state index is 0.0219. The third-order valence-electron chi connectivity index (χ3n) is 5.97. The summed E-state index contributed by atoms with van der Waals surface area (Å²) in [6, 6.07) is 16.2. The summed E-state index contributed by atoms with van der Waals surface area (Å²) in [5, 5.41) is 0. The lowest BCUT2D eigenvalue weighted by atomic mass is 9.85. The smallest absolute Gasteiger partial charge is 0.260 e. The summed E-state index contributed by atoms with van der Waals surface area (Å²) in [7, 11) is 0. The zero-order chi connectivity index (χ0) is 23.1. The molecule has 2 amide bonds. The monoisotopic (exact) mass is 436 g/mol. The zero-order valence-electron chi connectivity index (χ0n) is 19.9. The van der Waals surface area contributed by atoms with Crippen LogP contribution in [0.1, 0.15) is 50.3 Å². The van der Waals surface area contributed by atoms with Crippen molar-refractivity contribution in [3.8, 4) is 5.75 Å². The van der Waals surface area contributed by atoms with Crippen molar-refractivity contribution in [2.45, 2.75) is 52.4 Å². The molecule has 0 radical (unpaired) electrons. The normalized spacial score (nSPS) is 14.8. The lowest BCUT2D eigenvalue weighted by molar-refractivity contribution is -0.134. The number of benzene rings is 2. The number of aryl methyl sites for hydroxylation is 2. The number of ether oxygens (including phenoxy) is 1. The molecular formula is C27H36N2O3. The molecule has 0 spiro atoms. The van der Waals surface area contributed by atoms with Crippen LogP contribution in [0.3, 0.4) is 0 Å². The summed E-state index contributed by atoms with van der Waals surface area (Å²) < 4.78 is 5.96. The lowest BCUT2D eigenvalue weighted by Gasteiger charge is -2.25. The van der Waals surface area contributed by atoms with Gasteiger partial charge in [0.15, 0.2) is 6.61 Å². The molecule has 1 aliphatic heterocycles. The Labute approximate surface area is 192 Å². The van der Waals surface area contributed by atoms with E-state index in [1.807, 2.05) is 40.1 Å². The van der Waals surface area contributed by atoms with Crippen molar-refractivity contribution in [1.82, 2.24) is 9.80 Å². The number of hydrogen-bond donors (Lipinski definition) is 0. The van der Waals surface area contributed by atoms with Crippen LogP contribution in [0.15, 0.2) is 48.5 Å². The van der Waals surface area contributed by atoms with Crippen LogP contribution in [0.25, 0.3) is 0 Å². The van der Waals surface area contributed by atoms with Gasteiger partial charge in [-0.3, -0.25) is 9.59 Å². The summed E-state index contributed by atoms with van der Waals surface area (Å²) in [5.74, 6) is 0.905. The standard InChI is InChI=1S/C27H36N2O3/c1-21-11-13-24(23(19-21)27(2,3)4)32-20-26(31)29-16-8-15-28(17-18-29)25(30)14-12-22-9-6-5-7-10-22/h5-7,9-11,13,19H,8,12,14-18,20H2,1-4H3. The van der Waals surface area contributed by atoms with Gasteiger partial charge in [-0.2, -0.15) is 0 Å². The van der Waals surface area contributed by atoms with Crippen LogP contribution in [-0.4, -0.2) is 54.4 Å². The topological polar surface area (TPSA) is 49.9 Å². The fourth-order valence-corrected chi connectivity index (χ4v) is 4.06. The van der Waals surface area contributed by atoms with Gasteiger partial charge >= 0.3 is 0 Å². The van der Waals surface area contributed by atoms with Crippen LogP contribution in [0.5, 0.6) is 5.75 Å². The molecule has 5 nitrogen and oxygen atoms in total. The predicted octanol–water partition coefficient (Wildman–Crippen LogP) is 4.37. The van der Waals surface area contributed by atoms with Crippen molar-refractivity contribution in [3.63, 3.8) is 0 Å². The number of carbonyl (C=O) groups is 2. The molecule has 1 heterocycles. The van der Waals surface area contributed by atoms with E-state index in [-0.39, 0.29) is 23.8 Å². The maximum Gasteiger partial charge on any atom is 0.260 e. The number of nitrogens with zero attached hydrogens (tertiary/aromatic N) is 2. The molecule has 0 aliphatic carbocycles. The molecule has 1 aliphatic rings. The van der Waals surface area contributed by atoms with Crippen molar-refractivity contribution in [2.24, 2.45) is 0 Å². The molecule has 0 bridgehead atoms. The van der Waals surface area contributed by atoms with Gasteiger partial charge in [0.1, 0.15) is 5.75 Å². The number of amides is 2. The molecule has 3 rings (SSSR count). The molecule has 2 aromatic carbocycles. The van der Waals surface area contributed by atoms with E-state index in [0.29, 0.717) is 32.6 Å². The van der Waals surface area contributed by atoms with Gasteiger partial charge in [0.2, 0.25) is 5.91 Å². The molecule has 0 atom stereocenters. The van der Waals surface area contributed by atoms with Crippen LogP contribution in [0, 0.1) is 6.92 Å². The highest BCUT2D eigenvalue weighted by Gasteiger charge is 2.24. The summed E-state index contributed by atoms with van der Waals surface area (Å²) in [6.07, 6.45) is 2.05. The van der Waals surface area contributed by atoms with Crippen molar-refractivity contribution in [2.75, 3.05) is 32.8 Å². The maximum atomic E-state index is 12.8. The van der Waals surface area contributed by atoms with Gasteiger partial charge in [-0.05, 0) is 42.4 Å². The maximum absolute atomic E-state index is 12.8. The van der Waals surface area contributed by atoms with E-state index in [1.165, 1.54) is 11.1 Å². The second-order valence-corrected chi connectivity index (χ2v) is 9.64. The van der Waals surface area contributed by atoms with E-state index in [2.05, 4.69) is 45.9 Å². The van der Waals surface area contributed by atoms with Crippen molar-refractivity contribution in [1.29, 1.82) is 0 Å². The molecule has 2 aromatic rings. The van der Waals surface area contributed by atoms with Gasteiger partial charge in [0.25, 0.3) is 5.91 Å². The Morgan fingerprint density at radius 1 is 0.906 bits per heavy atom. The Morgan fingerprint density at radius 2 is 1.56 bits per heavy atom. The van der Waals surface area contributed by atoms with Gasteiger partial charge in [0.05, 0.1) is 0 Å². The summed E-state index contributed by atoms with van der Waals surface area (Å²) >= 11 is 0. The second-order valence-electron chi connectivity index (χ2n) is 9.64. The Morgan fingerprint density at radius 3 is 2.22 bits per heavy atom. The summed E-state index contributed by atoms with van der Waals surface area (Å²) in [5.41, 5.74) is 3.40. The molecule has 0 N–H and O–H groups in total. The number of rotatable bonds is 6. The molecule has 1 fully saturated rings. The average Bonchev–Trinajstić information content (AvgIpc) is 3.03. The highest BCUT2D eigenvalue weighted by molar-refractivity contribution is 5.79. The van der Waals surface area contributed by atoms with Gasteiger partial charge < -0.3 is 14.5 Å². The molecule has 0 aromatic heterocycles. The molecule has 32 heavy (non-hydrogen) atoms. The highest BCUT2D eigenvalue weighted by Crippen LogP contribution is 2.32. The number of hydrogen-bond acceptors (Lipinski definition) is 3. The van der Waals surface area contributed by atoms with Gasteiger partial charge in [-0.15, -0.1) is 0 Å². The molecule has 1 saturated heterocycles. The first-order chi connectivity index (χ1) is 15.2. The summed E-state index contributed by atoms with van der Waals surface area (Å²) in [4.78, 5) is 29.2. The van der Waals surface area contributed by atoms with Gasteiger partial charge in [-0.25, -0.2) is 0 Å². The second kappa shape index (κ2) is 10.7. The minimum Gasteiger partial charge on any atom is -0.483 e. The van der Waals surface area contributed by atoms with Crippen molar-refractivity contribution in [3.05, 3.63) is 65.2 Å². The Bertz CT molecular complexity index is 918. The van der Waals surface area contributed by atoms with Crippen LogP contribution >= 0.6 is 0 Å². The molecule has 0 saturated carbocycles. The molecular weight excluding hydrogens is 400 g/mol. The Balaban J connectivity index is 1.51. The number of carbonyl (C=O) groups excluding carboxylic acids is 2.